The zero-order valence-corrected chi connectivity index (χ0v) is 19.0. The number of aromatic nitrogens is 2. The summed E-state index contributed by atoms with van der Waals surface area (Å²) >= 11 is 0. The fraction of sp³-hybridized carbons (Fsp3) is 0.304. The first-order valence-electron chi connectivity index (χ1n) is 9.88. The van der Waals surface area contributed by atoms with E-state index in [9.17, 15) is 22.0 Å². The van der Waals surface area contributed by atoms with E-state index in [4.69, 9.17) is 4.74 Å². The minimum atomic E-state index is -3.38. The fourth-order valence-corrected chi connectivity index (χ4v) is 3.56. The Morgan fingerprint density at radius 3 is 2.25 bits per heavy atom. The molecule has 1 heterocycles. The molecule has 0 saturated carbocycles. The molecule has 1 aromatic heterocycles. The van der Waals surface area contributed by atoms with Gasteiger partial charge in [0.2, 0.25) is 0 Å². The monoisotopic (exact) mass is 462 g/mol. The van der Waals surface area contributed by atoms with E-state index in [0.717, 1.165) is 23.1 Å². The quantitative estimate of drug-likeness (QED) is 0.543. The minimum absolute atomic E-state index is 0.0129. The Morgan fingerprint density at radius 2 is 1.69 bits per heavy atom. The lowest BCUT2D eigenvalue weighted by molar-refractivity contribution is 0.240. The van der Waals surface area contributed by atoms with E-state index in [1.165, 1.54) is 24.4 Å². The molecule has 0 radical (unpaired) electrons. The largest absolute Gasteiger partial charge is 0.487 e. The lowest BCUT2D eigenvalue weighted by atomic mass is 9.93. The second-order valence-corrected chi connectivity index (χ2v) is 10.7. The highest BCUT2D eigenvalue weighted by atomic mass is 32.2. The third kappa shape index (κ3) is 5.40. The van der Waals surface area contributed by atoms with E-state index in [-0.39, 0.29) is 28.4 Å². The van der Waals surface area contributed by atoms with Crippen LogP contribution in [0.25, 0.3) is 16.8 Å². The molecule has 3 rings (SSSR count). The van der Waals surface area contributed by atoms with E-state index < -0.39 is 27.0 Å². The van der Waals surface area contributed by atoms with E-state index in [0.29, 0.717) is 17.5 Å². The van der Waals surface area contributed by atoms with Gasteiger partial charge in [-0.1, -0.05) is 32.9 Å². The van der Waals surface area contributed by atoms with Gasteiger partial charge >= 0.3 is 5.56 Å². The van der Waals surface area contributed by atoms with Crippen molar-refractivity contribution >= 4 is 9.84 Å². The van der Waals surface area contributed by atoms with Crippen molar-refractivity contribution in [3.63, 3.8) is 0 Å². The van der Waals surface area contributed by atoms with Gasteiger partial charge in [-0.05, 0) is 41.7 Å². The van der Waals surface area contributed by atoms with Crippen molar-refractivity contribution in [3.05, 3.63) is 70.6 Å². The highest BCUT2D eigenvalue weighted by Gasteiger charge is 2.19. The van der Waals surface area contributed by atoms with Crippen molar-refractivity contribution in [2.75, 3.05) is 12.9 Å². The number of nitrogens with zero attached hydrogens (tertiary/aromatic N) is 2. The van der Waals surface area contributed by atoms with Gasteiger partial charge in [-0.3, -0.25) is 4.79 Å². The first-order valence-corrected chi connectivity index (χ1v) is 11.8. The summed E-state index contributed by atoms with van der Waals surface area (Å²) in [6.07, 6.45) is 3.14. The summed E-state index contributed by atoms with van der Waals surface area (Å²) in [5, 5.41) is 4.10. The highest BCUT2D eigenvalue weighted by molar-refractivity contribution is 7.90. The van der Waals surface area contributed by atoms with Crippen LogP contribution in [0.3, 0.4) is 0 Å². The molecule has 0 aliphatic rings. The topological polar surface area (TPSA) is 78.3 Å². The summed E-state index contributed by atoms with van der Waals surface area (Å²) in [6, 6.07) is 9.03. The van der Waals surface area contributed by atoms with Crippen LogP contribution < -0.4 is 10.3 Å². The third-order valence-corrected chi connectivity index (χ3v) is 5.90. The lowest BCUT2D eigenvalue weighted by Crippen LogP contribution is -2.25. The Labute approximate surface area is 185 Å². The van der Waals surface area contributed by atoms with Crippen LogP contribution in [0.15, 0.2) is 58.4 Å². The van der Waals surface area contributed by atoms with Crippen molar-refractivity contribution in [1.29, 1.82) is 0 Å². The molecule has 0 unspecified atom stereocenters. The van der Waals surface area contributed by atoms with Gasteiger partial charge in [-0.2, -0.15) is 9.78 Å². The molecule has 0 spiro atoms. The van der Waals surface area contributed by atoms with Crippen molar-refractivity contribution in [2.45, 2.75) is 32.1 Å². The zero-order valence-electron chi connectivity index (χ0n) is 18.2. The molecule has 0 aliphatic heterocycles. The second kappa shape index (κ2) is 8.82. The normalized spacial score (nSPS) is 12.1. The molecule has 9 heteroatoms. The van der Waals surface area contributed by atoms with Crippen molar-refractivity contribution in [2.24, 2.45) is 5.41 Å². The number of sulfone groups is 1. The maximum absolute atomic E-state index is 13.7. The van der Waals surface area contributed by atoms with Gasteiger partial charge in [0.15, 0.2) is 27.2 Å². The number of rotatable bonds is 6. The molecular weight excluding hydrogens is 438 g/mol. The lowest BCUT2D eigenvalue weighted by Gasteiger charge is -2.19. The molecule has 0 aliphatic carbocycles. The molecule has 6 nitrogen and oxygen atoms in total. The molecule has 0 atom stereocenters. The van der Waals surface area contributed by atoms with E-state index in [1.807, 2.05) is 20.8 Å². The molecule has 0 bridgehead atoms. The second-order valence-electron chi connectivity index (χ2n) is 8.66. The molecule has 0 saturated heterocycles. The Bertz CT molecular complexity index is 1300. The molecule has 0 N–H and O–H groups in total. The Hall–Kier alpha value is -3.07. The van der Waals surface area contributed by atoms with Crippen LogP contribution in [0, 0.1) is 17.0 Å². The predicted octanol–water partition coefficient (Wildman–Crippen LogP) is 4.40. The van der Waals surface area contributed by atoms with Crippen LogP contribution in [-0.4, -0.2) is 31.1 Å². The Morgan fingerprint density at radius 1 is 1.03 bits per heavy atom. The smallest absolute Gasteiger partial charge is 0.314 e. The fourth-order valence-electron chi connectivity index (χ4n) is 2.92. The molecular formula is C23H24F2N2O4S. The Kier molecular flexibility index (Phi) is 6.50. The predicted molar refractivity (Wildman–Crippen MR) is 118 cm³/mol. The van der Waals surface area contributed by atoms with Gasteiger partial charge in [0, 0.05) is 17.9 Å². The van der Waals surface area contributed by atoms with Gasteiger partial charge in [-0.15, -0.1) is 0 Å². The van der Waals surface area contributed by atoms with Crippen LogP contribution in [0.5, 0.6) is 5.75 Å². The minimum Gasteiger partial charge on any atom is -0.487 e. The van der Waals surface area contributed by atoms with Crippen molar-refractivity contribution < 1.29 is 21.9 Å². The average molecular weight is 463 g/mol. The van der Waals surface area contributed by atoms with Gasteiger partial charge in [0.05, 0.1) is 23.4 Å². The number of halogens is 2. The first kappa shape index (κ1) is 23.6. The number of hydrogen-bond donors (Lipinski definition) is 0. The number of benzene rings is 2. The average Bonchev–Trinajstić information content (AvgIpc) is 2.70. The molecule has 3 aromatic rings. The maximum atomic E-state index is 13.7. The summed E-state index contributed by atoms with van der Waals surface area (Å²) in [4.78, 5) is 13.3. The standard InChI is InChI=1S/C23H24F2N2O4S/c1-23(2,3)11-12-31-21-18(15-5-8-17(9-6-15)32(4,29)30)14-26-27(22(21)28)16-7-10-19(24)20(25)13-16/h5-10,13-14H,11-12H2,1-4H3. The van der Waals surface area contributed by atoms with Crippen molar-refractivity contribution in [3.8, 4) is 22.6 Å². The van der Waals surface area contributed by atoms with Gasteiger partial charge in [0.25, 0.3) is 0 Å². The third-order valence-electron chi connectivity index (χ3n) is 4.77. The number of hydrogen-bond acceptors (Lipinski definition) is 5. The number of ether oxygens (including phenoxy) is 1. The van der Waals surface area contributed by atoms with Gasteiger partial charge in [0.1, 0.15) is 0 Å². The van der Waals surface area contributed by atoms with Crippen LogP contribution in [0.2, 0.25) is 0 Å². The van der Waals surface area contributed by atoms with E-state index >= 15 is 0 Å². The molecule has 0 fully saturated rings. The molecule has 0 amide bonds. The summed E-state index contributed by atoms with van der Waals surface area (Å²) in [7, 11) is -3.38. The van der Waals surface area contributed by atoms with Gasteiger partial charge < -0.3 is 4.74 Å². The highest BCUT2D eigenvalue weighted by Crippen LogP contribution is 2.29. The summed E-state index contributed by atoms with van der Waals surface area (Å²) in [6.45, 7) is 6.35. The summed E-state index contributed by atoms with van der Waals surface area (Å²) < 4.78 is 57.3. The first-order chi connectivity index (χ1) is 14.9. The van der Waals surface area contributed by atoms with Crippen LogP contribution in [0.4, 0.5) is 8.78 Å². The van der Waals surface area contributed by atoms with Crippen LogP contribution in [-0.2, 0) is 9.84 Å². The SMILES string of the molecule is CC(C)(C)CCOc1c(-c2ccc(S(C)(=O)=O)cc2)cnn(-c2ccc(F)c(F)c2)c1=O. The molecule has 170 valence electrons. The van der Waals surface area contributed by atoms with Crippen LogP contribution >= 0.6 is 0 Å². The molecule has 2 aromatic carbocycles. The van der Waals surface area contributed by atoms with Gasteiger partial charge in [-0.25, -0.2) is 17.2 Å². The zero-order chi connectivity index (χ0) is 23.7. The van der Waals surface area contributed by atoms with E-state index in [1.54, 1.807) is 12.1 Å². The maximum Gasteiger partial charge on any atom is 0.314 e. The van der Waals surface area contributed by atoms with Crippen molar-refractivity contribution in [1.82, 2.24) is 9.78 Å². The molecule has 32 heavy (non-hydrogen) atoms. The summed E-state index contributed by atoms with van der Waals surface area (Å²) in [5.74, 6) is -2.15. The van der Waals surface area contributed by atoms with Crippen LogP contribution in [0.1, 0.15) is 27.2 Å². The Balaban J connectivity index is 2.10. The van der Waals surface area contributed by atoms with E-state index in [2.05, 4.69) is 5.10 Å². The summed E-state index contributed by atoms with van der Waals surface area (Å²) in [5.41, 5.74) is 0.264.